The lowest BCUT2D eigenvalue weighted by molar-refractivity contribution is -0.116. The van der Waals surface area contributed by atoms with Crippen molar-refractivity contribution in [1.29, 1.82) is 0 Å². The molecule has 0 aliphatic heterocycles. The predicted molar refractivity (Wildman–Crippen MR) is 93.3 cm³/mol. The van der Waals surface area contributed by atoms with Crippen LogP contribution < -0.4 is 10.9 Å². The van der Waals surface area contributed by atoms with Crippen molar-refractivity contribution in [2.24, 2.45) is 0 Å². The predicted octanol–water partition coefficient (Wildman–Crippen LogP) is 2.84. The molecule has 0 bridgehead atoms. The van der Waals surface area contributed by atoms with Crippen LogP contribution in [0.3, 0.4) is 0 Å². The molecule has 0 fully saturated rings. The molecule has 1 aromatic heterocycles. The van der Waals surface area contributed by atoms with Gasteiger partial charge in [0.25, 0.3) is 5.56 Å². The first-order valence-corrected chi connectivity index (χ1v) is 7.53. The SMILES string of the molecule is CC(=O)c1cccc(NC(=O)Cn2ccc3ccccc3c2=O)c1. The van der Waals surface area contributed by atoms with Crippen LogP contribution in [0, 0.1) is 0 Å². The van der Waals surface area contributed by atoms with Crippen molar-refractivity contribution in [2.75, 3.05) is 5.32 Å². The third-order valence-corrected chi connectivity index (χ3v) is 3.75. The molecule has 0 unspecified atom stereocenters. The van der Waals surface area contributed by atoms with Crippen molar-refractivity contribution < 1.29 is 9.59 Å². The fourth-order valence-electron chi connectivity index (χ4n) is 2.53. The summed E-state index contributed by atoms with van der Waals surface area (Å²) in [7, 11) is 0. The normalized spacial score (nSPS) is 10.5. The highest BCUT2D eigenvalue weighted by Crippen LogP contribution is 2.12. The summed E-state index contributed by atoms with van der Waals surface area (Å²) >= 11 is 0. The molecule has 1 amide bonds. The van der Waals surface area contributed by atoms with E-state index in [4.69, 9.17) is 0 Å². The van der Waals surface area contributed by atoms with Crippen LogP contribution in [0.25, 0.3) is 10.8 Å². The summed E-state index contributed by atoms with van der Waals surface area (Å²) in [4.78, 5) is 36.0. The minimum atomic E-state index is -0.326. The van der Waals surface area contributed by atoms with E-state index in [-0.39, 0.29) is 23.8 Å². The largest absolute Gasteiger partial charge is 0.325 e. The van der Waals surface area contributed by atoms with Crippen LogP contribution in [0.1, 0.15) is 17.3 Å². The Morgan fingerprint density at radius 3 is 2.62 bits per heavy atom. The number of hydrogen-bond acceptors (Lipinski definition) is 3. The highest BCUT2D eigenvalue weighted by Gasteiger charge is 2.08. The molecule has 1 heterocycles. The Morgan fingerprint density at radius 1 is 1.04 bits per heavy atom. The van der Waals surface area contributed by atoms with Gasteiger partial charge in [0, 0.05) is 22.8 Å². The van der Waals surface area contributed by atoms with E-state index < -0.39 is 0 Å². The first-order valence-electron chi connectivity index (χ1n) is 7.53. The Bertz CT molecular complexity index is 989. The highest BCUT2D eigenvalue weighted by molar-refractivity contribution is 5.97. The molecule has 0 saturated heterocycles. The van der Waals surface area contributed by atoms with Gasteiger partial charge in [-0.3, -0.25) is 14.4 Å². The van der Waals surface area contributed by atoms with Gasteiger partial charge in [0.15, 0.2) is 5.78 Å². The lowest BCUT2D eigenvalue weighted by atomic mass is 10.1. The molecule has 0 aliphatic carbocycles. The molecule has 1 N–H and O–H groups in total. The smallest absolute Gasteiger partial charge is 0.258 e. The van der Waals surface area contributed by atoms with Gasteiger partial charge in [-0.15, -0.1) is 0 Å². The second kappa shape index (κ2) is 6.50. The van der Waals surface area contributed by atoms with Crippen molar-refractivity contribution in [3.8, 4) is 0 Å². The molecule has 3 rings (SSSR count). The molecule has 24 heavy (non-hydrogen) atoms. The average Bonchev–Trinajstić information content (AvgIpc) is 2.58. The fourth-order valence-corrected chi connectivity index (χ4v) is 2.53. The molecule has 3 aromatic rings. The van der Waals surface area contributed by atoms with E-state index in [0.29, 0.717) is 16.6 Å². The van der Waals surface area contributed by atoms with E-state index in [0.717, 1.165) is 5.39 Å². The number of ketones is 1. The summed E-state index contributed by atoms with van der Waals surface area (Å²) in [6.45, 7) is 1.38. The topological polar surface area (TPSA) is 68.2 Å². The van der Waals surface area contributed by atoms with Gasteiger partial charge in [0.05, 0.1) is 0 Å². The van der Waals surface area contributed by atoms with E-state index in [1.165, 1.54) is 11.5 Å². The number of carbonyl (C=O) groups is 2. The lowest BCUT2D eigenvalue weighted by Gasteiger charge is -2.09. The van der Waals surface area contributed by atoms with Gasteiger partial charge in [0.1, 0.15) is 6.54 Å². The number of rotatable bonds is 4. The number of benzene rings is 2. The molecule has 0 atom stereocenters. The van der Waals surface area contributed by atoms with Gasteiger partial charge in [-0.2, -0.15) is 0 Å². The van der Waals surface area contributed by atoms with E-state index in [9.17, 15) is 14.4 Å². The van der Waals surface area contributed by atoms with Crippen LogP contribution in [0.2, 0.25) is 0 Å². The van der Waals surface area contributed by atoms with E-state index in [1.807, 2.05) is 12.1 Å². The molecule has 2 aromatic carbocycles. The maximum Gasteiger partial charge on any atom is 0.258 e. The molecule has 120 valence electrons. The second-order valence-corrected chi connectivity index (χ2v) is 5.52. The summed E-state index contributed by atoms with van der Waals surface area (Å²) < 4.78 is 1.37. The Morgan fingerprint density at radius 2 is 1.83 bits per heavy atom. The number of pyridine rings is 1. The van der Waals surface area contributed by atoms with Crippen molar-refractivity contribution in [3.63, 3.8) is 0 Å². The maximum atomic E-state index is 12.4. The van der Waals surface area contributed by atoms with Crippen molar-refractivity contribution in [3.05, 3.63) is 76.7 Å². The van der Waals surface area contributed by atoms with Crippen molar-refractivity contribution >= 4 is 28.2 Å². The monoisotopic (exact) mass is 320 g/mol. The van der Waals surface area contributed by atoms with E-state index in [2.05, 4.69) is 5.32 Å². The number of hydrogen-bond donors (Lipinski definition) is 1. The number of nitrogens with one attached hydrogen (secondary N) is 1. The lowest BCUT2D eigenvalue weighted by Crippen LogP contribution is -2.27. The third-order valence-electron chi connectivity index (χ3n) is 3.75. The van der Waals surface area contributed by atoms with Gasteiger partial charge in [-0.05, 0) is 36.6 Å². The minimum Gasteiger partial charge on any atom is -0.325 e. The van der Waals surface area contributed by atoms with Crippen LogP contribution in [0.5, 0.6) is 0 Å². The van der Waals surface area contributed by atoms with Crippen LogP contribution in [-0.2, 0) is 11.3 Å². The van der Waals surface area contributed by atoms with Gasteiger partial charge in [-0.1, -0.05) is 30.3 Å². The Kier molecular flexibility index (Phi) is 4.24. The standard InChI is InChI=1S/C19H16N2O3/c1-13(22)15-6-4-7-16(11-15)20-18(23)12-21-10-9-14-5-2-3-8-17(14)19(21)24/h2-11H,12H2,1H3,(H,20,23). The minimum absolute atomic E-state index is 0.0724. The van der Waals surface area contributed by atoms with Crippen LogP contribution in [-0.4, -0.2) is 16.3 Å². The summed E-state index contributed by atoms with van der Waals surface area (Å²) in [6.07, 6.45) is 1.61. The quantitative estimate of drug-likeness (QED) is 0.752. The first-order chi connectivity index (χ1) is 11.5. The number of anilines is 1. The third kappa shape index (κ3) is 3.25. The van der Waals surface area contributed by atoms with Crippen LogP contribution in [0.4, 0.5) is 5.69 Å². The van der Waals surface area contributed by atoms with E-state index >= 15 is 0 Å². The number of fused-ring (bicyclic) bond motifs is 1. The highest BCUT2D eigenvalue weighted by atomic mass is 16.2. The van der Waals surface area contributed by atoms with Crippen molar-refractivity contribution in [2.45, 2.75) is 13.5 Å². The maximum absolute atomic E-state index is 12.4. The van der Waals surface area contributed by atoms with Crippen molar-refractivity contribution in [1.82, 2.24) is 4.57 Å². The second-order valence-electron chi connectivity index (χ2n) is 5.52. The molecule has 0 spiro atoms. The zero-order chi connectivity index (χ0) is 17.1. The summed E-state index contributed by atoms with van der Waals surface area (Å²) in [5.74, 6) is -0.398. The summed E-state index contributed by atoms with van der Waals surface area (Å²) in [5, 5.41) is 4.13. The Hall–Kier alpha value is -3.21. The molecule has 5 nitrogen and oxygen atoms in total. The number of Topliss-reactive ketones (excluding diaryl/α,β-unsaturated/α-hetero) is 1. The number of carbonyl (C=O) groups excluding carboxylic acids is 2. The molecular weight excluding hydrogens is 304 g/mol. The van der Waals surface area contributed by atoms with E-state index in [1.54, 1.807) is 48.7 Å². The number of nitrogens with zero attached hydrogens (tertiary/aromatic N) is 1. The van der Waals surface area contributed by atoms with Crippen LogP contribution in [0.15, 0.2) is 65.6 Å². The zero-order valence-electron chi connectivity index (χ0n) is 13.2. The zero-order valence-corrected chi connectivity index (χ0v) is 13.2. The molecule has 0 radical (unpaired) electrons. The molecule has 0 saturated carbocycles. The molecule has 0 aliphatic rings. The fraction of sp³-hybridized carbons (Fsp3) is 0.105. The van der Waals surface area contributed by atoms with Crippen LogP contribution >= 0.6 is 0 Å². The van der Waals surface area contributed by atoms with Gasteiger partial charge < -0.3 is 9.88 Å². The average molecular weight is 320 g/mol. The number of amides is 1. The first kappa shape index (κ1) is 15.7. The molecular formula is C19H16N2O3. The number of aromatic nitrogens is 1. The molecule has 5 heteroatoms. The summed E-state index contributed by atoms with van der Waals surface area (Å²) in [6, 6.07) is 15.8. The Balaban J connectivity index is 1.80. The summed E-state index contributed by atoms with van der Waals surface area (Å²) in [5.41, 5.74) is 0.845. The van der Waals surface area contributed by atoms with Gasteiger partial charge >= 0.3 is 0 Å². The van der Waals surface area contributed by atoms with Gasteiger partial charge in [0.2, 0.25) is 5.91 Å². The Labute approximate surface area is 138 Å². The van der Waals surface area contributed by atoms with Gasteiger partial charge in [-0.25, -0.2) is 0 Å².